The first-order chi connectivity index (χ1) is 21.3. The second kappa shape index (κ2) is 10.5. The van der Waals surface area contributed by atoms with Crippen LogP contribution in [-0.2, 0) is 25.8 Å². The molecule has 3 amide bonds. The number of nitrogens with zero attached hydrogens (tertiary/aromatic N) is 4. The van der Waals surface area contributed by atoms with Crippen LogP contribution in [-0.4, -0.2) is 66.6 Å². The van der Waals surface area contributed by atoms with E-state index < -0.39 is 47.6 Å². The van der Waals surface area contributed by atoms with Gasteiger partial charge < -0.3 is 25.4 Å². The smallest absolute Gasteiger partial charge is 0.247 e. The van der Waals surface area contributed by atoms with Gasteiger partial charge in [-0.15, -0.1) is 5.10 Å². The lowest BCUT2D eigenvalue weighted by Crippen LogP contribution is -2.56. The van der Waals surface area contributed by atoms with E-state index in [1.807, 2.05) is 86.6 Å². The number of fused-ring (bicyclic) bond motifs is 2. The molecule has 3 saturated heterocycles. The minimum Gasteiger partial charge on any atom is -0.394 e. The number of amides is 3. The lowest BCUT2D eigenvalue weighted by atomic mass is 9.62. The minimum atomic E-state index is -1.28. The van der Waals surface area contributed by atoms with E-state index in [0.717, 1.165) is 5.52 Å². The van der Waals surface area contributed by atoms with Crippen molar-refractivity contribution < 1.29 is 24.2 Å². The van der Waals surface area contributed by atoms with Gasteiger partial charge in [0.05, 0.1) is 35.6 Å². The van der Waals surface area contributed by atoms with E-state index >= 15 is 0 Å². The Morgan fingerprint density at radius 1 is 1.02 bits per heavy atom. The minimum absolute atomic E-state index is 0.0124. The summed E-state index contributed by atoms with van der Waals surface area (Å²) in [6, 6.07) is 23.7. The van der Waals surface area contributed by atoms with Crippen LogP contribution >= 0.6 is 0 Å². The number of ether oxygens (including phenoxy) is 1. The van der Waals surface area contributed by atoms with Crippen molar-refractivity contribution in [2.75, 3.05) is 11.9 Å². The summed E-state index contributed by atoms with van der Waals surface area (Å²) >= 11 is 0. The molecule has 7 atom stereocenters. The van der Waals surface area contributed by atoms with Crippen LogP contribution in [0, 0.1) is 17.8 Å². The Labute approximate surface area is 254 Å². The van der Waals surface area contributed by atoms with Gasteiger partial charge >= 0.3 is 0 Å². The van der Waals surface area contributed by atoms with Gasteiger partial charge in [-0.05, 0) is 49.1 Å². The average molecular weight is 595 g/mol. The third kappa shape index (κ3) is 4.14. The number of aliphatic hydroxyl groups is 1. The van der Waals surface area contributed by atoms with Crippen LogP contribution in [0.2, 0.25) is 0 Å². The Morgan fingerprint density at radius 2 is 1.70 bits per heavy atom. The molecule has 4 aromatic rings. The Bertz CT molecular complexity index is 1730. The highest BCUT2D eigenvalue weighted by Gasteiger charge is 2.80. The summed E-state index contributed by atoms with van der Waals surface area (Å²) in [7, 11) is 0. The van der Waals surface area contributed by atoms with Gasteiger partial charge in [-0.2, -0.15) is 0 Å². The normalized spacial score (nSPS) is 29.5. The van der Waals surface area contributed by atoms with E-state index in [9.17, 15) is 19.5 Å². The van der Waals surface area contributed by atoms with Crippen LogP contribution in [0.15, 0.2) is 84.9 Å². The molecular weight excluding hydrogens is 560 g/mol. The molecule has 2 bridgehead atoms. The summed E-state index contributed by atoms with van der Waals surface area (Å²) in [5.41, 5.74) is 0.471. The van der Waals surface area contributed by atoms with E-state index in [0.29, 0.717) is 23.2 Å². The van der Waals surface area contributed by atoms with Gasteiger partial charge in [-0.25, -0.2) is 4.68 Å². The molecule has 11 nitrogen and oxygen atoms in total. The van der Waals surface area contributed by atoms with Crippen LogP contribution in [0.4, 0.5) is 5.69 Å². The number of anilines is 1. The van der Waals surface area contributed by atoms with Gasteiger partial charge in [0.15, 0.2) is 0 Å². The summed E-state index contributed by atoms with van der Waals surface area (Å²) in [5, 5.41) is 25.0. The van der Waals surface area contributed by atoms with E-state index in [4.69, 9.17) is 4.74 Å². The number of aliphatic hydroxyl groups excluding tert-OH is 1. The second-order valence-corrected chi connectivity index (χ2v) is 12.2. The number of aromatic nitrogens is 3. The van der Waals surface area contributed by atoms with E-state index in [1.54, 1.807) is 16.8 Å². The quantitative estimate of drug-likeness (QED) is 0.285. The average Bonchev–Trinajstić information content (AvgIpc) is 3.71. The molecule has 1 aromatic heterocycles. The first-order valence-electron chi connectivity index (χ1n) is 14.9. The third-order valence-electron chi connectivity index (χ3n) is 9.84. The predicted octanol–water partition coefficient (Wildman–Crippen LogP) is 2.89. The molecule has 3 aromatic carbocycles. The lowest BCUT2D eigenvalue weighted by molar-refractivity contribution is -0.150. The Kier molecular flexibility index (Phi) is 6.74. The molecule has 3 unspecified atom stereocenters. The summed E-state index contributed by atoms with van der Waals surface area (Å²) in [6.07, 6.45) is 0.406. The van der Waals surface area contributed by atoms with Crippen molar-refractivity contribution >= 4 is 34.4 Å². The van der Waals surface area contributed by atoms with Crippen LogP contribution < -0.4 is 10.6 Å². The molecule has 7 rings (SSSR count). The maximum Gasteiger partial charge on any atom is 0.247 e. The maximum absolute atomic E-state index is 14.6. The SMILES string of the molecule is CC1CC23O[C@@]1(C)[C@H](C(=O)Nc1ccccc1)[C@H]2C(=O)N([C@H](CO)c1ccccc1)C3C(=O)NCn1nnc2ccccc21. The number of hydrogen-bond donors (Lipinski definition) is 3. The molecule has 3 aliphatic rings. The van der Waals surface area contributed by atoms with E-state index in [-0.39, 0.29) is 24.4 Å². The van der Waals surface area contributed by atoms with Crippen molar-refractivity contribution in [3.8, 4) is 0 Å². The van der Waals surface area contributed by atoms with Crippen LogP contribution in [0.1, 0.15) is 31.9 Å². The zero-order valence-corrected chi connectivity index (χ0v) is 24.5. The molecule has 3 N–H and O–H groups in total. The van der Waals surface area contributed by atoms with Crippen molar-refractivity contribution in [1.29, 1.82) is 0 Å². The first-order valence-corrected chi connectivity index (χ1v) is 14.9. The second-order valence-electron chi connectivity index (χ2n) is 12.2. The third-order valence-corrected chi connectivity index (χ3v) is 9.84. The largest absolute Gasteiger partial charge is 0.394 e. The van der Waals surface area contributed by atoms with E-state index in [1.165, 1.54) is 4.90 Å². The molecule has 3 aliphatic heterocycles. The van der Waals surface area contributed by atoms with E-state index in [2.05, 4.69) is 20.9 Å². The highest BCUT2D eigenvalue weighted by atomic mass is 16.5. The lowest BCUT2D eigenvalue weighted by Gasteiger charge is -2.37. The molecule has 0 radical (unpaired) electrons. The van der Waals surface area contributed by atoms with Gasteiger partial charge in [0.1, 0.15) is 23.8 Å². The summed E-state index contributed by atoms with van der Waals surface area (Å²) in [4.78, 5) is 44.5. The molecular formula is C33H34N6O5. The molecule has 1 spiro atoms. The Morgan fingerprint density at radius 3 is 2.43 bits per heavy atom. The van der Waals surface area contributed by atoms with Gasteiger partial charge in [0.2, 0.25) is 17.7 Å². The van der Waals surface area contributed by atoms with Crippen molar-refractivity contribution in [3.05, 3.63) is 90.5 Å². The molecule has 3 fully saturated rings. The van der Waals surface area contributed by atoms with Crippen molar-refractivity contribution in [1.82, 2.24) is 25.2 Å². The number of likely N-dealkylation sites (tertiary alicyclic amines) is 1. The van der Waals surface area contributed by atoms with Crippen LogP contribution in [0.25, 0.3) is 11.0 Å². The van der Waals surface area contributed by atoms with Gasteiger partial charge in [0, 0.05) is 5.69 Å². The number of hydrogen-bond acceptors (Lipinski definition) is 7. The fourth-order valence-electron chi connectivity index (χ4n) is 7.77. The predicted molar refractivity (Wildman–Crippen MR) is 161 cm³/mol. The molecule has 44 heavy (non-hydrogen) atoms. The number of carbonyl (C=O) groups excluding carboxylic acids is 3. The van der Waals surface area contributed by atoms with Crippen molar-refractivity contribution in [2.45, 2.75) is 50.2 Å². The highest BCUT2D eigenvalue weighted by Crippen LogP contribution is 2.66. The molecule has 4 heterocycles. The standard InChI is InChI=1S/C33H34N6O5/c1-20-17-33-27(26(32(20,2)44-33)29(41)35-22-13-7-4-8-14-22)31(43)39(25(18-40)21-11-5-3-6-12-21)28(33)30(42)34-19-38-24-16-10-9-15-23(24)36-37-38/h3-16,20,25-28,40H,17-19H2,1-2H3,(H,34,42)(H,35,41)/t20?,25-,26+,27+,28?,32-,33?/m1/s1. The molecule has 11 heteroatoms. The number of nitrogens with one attached hydrogen (secondary N) is 2. The van der Waals surface area contributed by atoms with Gasteiger partial charge in [-0.1, -0.05) is 72.8 Å². The van der Waals surface area contributed by atoms with Crippen LogP contribution in [0.5, 0.6) is 0 Å². The van der Waals surface area contributed by atoms with Crippen LogP contribution in [0.3, 0.4) is 0 Å². The topological polar surface area (TPSA) is 139 Å². The molecule has 0 aliphatic carbocycles. The fraction of sp³-hybridized carbons (Fsp3) is 0.364. The fourth-order valence-corrected chi connectivity index (χ4v) is 7.77. The monoisotopic (exact) mass is 594 g/mol. The zero-order chi connectivity index (χ0) is 30.6. The number of benzene rings is 3. The maximum atomic E-state index is 14.6. The first kappa shape index (κ1) is 28.2. The summed E-state index contributed by atoms with van der Waals surface area (Å²) in [5.74, 6) is -3.07. The molecule has 226 valence electrons. The van der Waals surface area contributed by atoms with Crippen molar-refractivity contribution in [3.63, 3.8) is 0 Å². The Balaban J connectivity index is 1.28. The number of para-hydroxylation sites is 2. The Hall–Kier alpha value is -4.61. The zero-order valence-electron chi connectivity index (χ0n) is 24.5. The van der Waals surface area contributed by atoms with Gasteiger partial charge in [-0.3, -0.25) is 14.4 Å². The number of carbonyl (C=O) groups is 3. The summed E-state index contributed by atoms with van der Waals surface area (Å²) in [6.45, 7) is 3.47. The van der Waals surface area contributed by atoms with Crippen molar-refractivity contribution in [2.24, 2.45) is 17.8 Å². The summed E-state index contributed by atoms with van der Waals surface area (Å²) < 4.78 is 8.41. The highest BCUT2D eigenvalue weighted by molar-refractivity contribution is 6.02. The van der Waals surface area contributed by atoms with Gasteiger partial charge in [0.25, 0.3) is 0 Å². The number of rotatable bonds is 8. The molecule has 0 saturated carbocycles.